The first-order valence-corrected chi connectivity index (χ1v) is 10.6. The number of carboxylic acids is 1. The number of fused-ring (bicyclic) bond motifs is 1. The van der Waals surface area contributed by atoms with Gasteiger partial charge in [0.15, 0.2) is 0 Å². The second-order valence-corrected chi connectivity index (χ2v) is 8.53. The molecule has 34 heavy (non-hydrogen) atoms. The smallest absolute Gasteiger partial charge is 0.475 e. The molecule has 0 aliphatic carbocycles. The van der Waals surface area contributed by atoms with E-state index in [0.29, 0.717) is 15.7 Å². The zero-order valence-corrected chi connectivity index (χ0v) is 19.2. The number of para-hydroxylation sites is 1. The van der Waals surface area contributed by atoms with Gasteiger partial charge >= 0.3 is 12.1 Å². The highest BCUT2D eigenvalue weighted by Crippen LogP contribution is 2.41. The van der Waals surface area contributed by atoms with Gasteiger partial charge in [-0.15, -0.1) is 0 Å². The zero-order chi connectivity index (χ0) is 25.2. The predicted molar refractivity (Wildman–Crippen MR) is 118 cm³/mol. The van der Waals surface area contributed by atoms with Crippen LogP contribution in [0.2, 0.25) is 10.0 Å². The number of morpholine rings is 1. The third kappa shape index (κ3) is 5.69. The lowest BCUT2D eigenvalue weighted by Gasteiger charge is -2.36. The topological polar surface area (TPSA) is 87.2 Å². The normalized spacial score (nSPS) is 18.8. The number of likely N-dealkylation sites (N-methyl/N-ethyl adjacent to an activating group) is 1. The van der Waals surface area contributed by atoms with E-state index in [0.717, 1.165) is 29.8 Å². The van der Waals surface area contributed by atoms with Gasteiger partial charge in [0.1, 0.15) is 13.2 Å². The average molecular weight is 519 g/mol. The minimum Gasteiger partial charge on any atom is -0.475 e. The van der Waals surface area contributed by atoms with Gasteiger partial charge in [-0.1, -0.05) is 41.4 Å². The number of carbonyl (C=O) groups is 3. The highest BCUT2D eigenvalue weighted by atomic mass is 35.5. The number of carboxylic acid groups (broad SMARTS) is 1. The Labute approximate surface area is 202 Å². The summed E-state index contributed by atoms with van der Waals surface area (Å²) in [6, 6.07) is 11.2. The predicted octanol–water partition coefficient (Wildman–Crippen LogP) is 4.09. The minimum atomic E-state index is -5.08. The molecule has 0 radical (unpaired) electrons. The van der Waals surface area contributed by atoms with Crippen LogP contribution in [-0.4, -0.2) is 60.8 Å². The molecule has 0 bridgehead atoms. The summed E-state index contributed by atoms with van der Waals surface area (Å²) < 4.78 is 36.8. The van der Waals surface area contributed by atoms with Crippen LogP contribution in [0, 0.1) is 0 Å². The average Bonchev–Trinajstić information content (AvgIpc) is 2.74. The third-order valence-corrected chi connectivity index (χ3v) is 5.79. The number of alkyl halides is 3. The maximum absolute atomic E-state index is 12.4. The number of benzene rings is 2. The first-order chi connectivity index (χ1) is 15.9. The summed E-state index contributed by atoms with van der Waals surface area (Å²) >= 11 is 12.7. The molecule has 0 aromatic heterocycles. The Morgan fingerprint density at radius 2 is 1.68 bits per heavy atom. The van der Waals surface area contributed by atoms with Gasteiger partial charge in [0.2, 0.25) is 0 Å². The standard InChI is InChI=1S/C20H18Cl2N2O3.C2HF3O2/c1-23-8-15(14-6-12(21)7-17(22)16(14)9-23)13-4-2-3-5-18(13)24-19(25)10-27-11-20(24)26;3-2(4,5)1(6)7/h2-7,15H,8-11H2,1H3;(H,6,7)/t15-;/m0./s1. The van der Waals surface area contributed by atoms with Crippen molar-refractivity contribution in [3.8, 4) is 0 Å². The molecule has 1 fully saturated rings. The van der Waals surface area contributed by atoms with Crippen molar-refractivity contribution in [1.29, 1.82) is 0 Å². The summed E-state index contributed by atoms with van der Waals surface area (Å²) in [7, 11) is 2.02. The molecule has 0 unspecified atom stereocenters. The van der Waals surface area contributed by atoms with E-state index in [4.69, 9.17) is 37.8 Å². The summed E-state index contributed by atoms with van der Waals surface area (Å²) in [5, 5.41) is 8.33. The van der Waals surface area contributed by atoms with Crippen LogP contribution in [0.25, 0.3) is 0 Å². The quantitative estimate of drug-likeness (QED) is 0.602. The number of hydrogen-bond acceptors (Lipinski definition) is 5. The molecule has 1 atom stereocenters. The van der Waals surface area contributed by atoms with Crippen LogP contribution in [0.3, 0.4) is 0 Å². The van der Waals surface area contributed by atoms with Crippen molar-refractivity contribution in [2.24, 2.45) is 0 Å². The molecule has 12 heteroatoms. The van der Waals surface area contributed by atoms with Gasteiger partial charge in [-0.3, -0.25) is 9.59 Å². The highest BCUT2D eigenvalue weighted by molar-refractivity contribution is 6.35. The van der Waals surface area contributed by atoms with Crippen LogP contribution >= 0.6 is 23.2 Å². The van der Waals surface area contributed by atoms with Crippen molar-refractivity contribution < 1.29 is 37.4 Å². The summed E-state index contributed by atoms with van der Waals surface area (Å²) in [6.07, 6.45) is -5.08. The van der Waals surface area contributed by atoms with Crippen molar-refractivity contribution >= 4 is 46.7 Å². The van der Waals surface area contributed by atoms with Crippen molar-refractivity contribution in [3.05, 3.63) is 63.1 Å². The lowest BCUT2D eigenvalue weighted by molar-refractivity contribution is -0.192. The molecule has 1 saturated heterocycles. The first kappa shape index (κ1) is 26.0. The fraction of sp³-hybridized carbons (Fsp3) is 0.318. The second kappa shape index (κ2) is 10.3. The molecule has 2 amide bonds. The van der Waals surface area contributed by atoms with Crippen molar-refractivity contribution in [1.82, 2.24) is 4.90 Å². The van der Waals surface area contributed by atoms with Crippen LogP contribution in [-0.2, 0) is 25.7 Å². The number of amides is 2. The van der Waals surface area contributed by atoms with Crippen molar-refractivity contribution in [2.75, 3.05) is 31.7 Å². The lowest BCUT2D eigenvalue weighted by atomic mass is 9.83. The molecule has 0 saturated carbocycles. The Kier molecular flexibility index (Phi) is 7.87. The van der Waals surface area contributed by atoms with Gasteiger partial charge in [0.05, 0.1) is 5.69 Å². The van der Waals surface area contributed by atoms with Gasteiger partial charge < -0.3 is 14.7 Å². The van der Waals surface area contributed by atoms with Gasteiger partial charge in [-0.2, -0.15) is 13.2 Å². The summed E-state index contributed by atoms with van der Waals surface area (Å²) in [4.78, 5) is 37.1. The van der Waals surface area contributed by atoms with E-state index in [9.17, 15) is 22.8 Å². The SMILES string of the molecule is CN1Cc2c(Cl)cc(Cl)cc2[C@H](c2ccccc2N2C(=O)COCC2=O)C1.O=C(O)C(F)(F)F. The van der Waals surface area contributed by atoms with E-state index < -0.39 is 12.1 Å². The molecule has 182 valence electrons. The Hall–Kier alpha value is -2.66. The number of rotatable bonds is 2. The molecule has 0 spiro atoms. The highest BCUT2D eigenvalue weighted by Gasteiger charge is 2.38. The number of imide groups is 1. The third-order valence-electron chi connectivity index (χ3n) is 5.24. The number of aliphatic carboxylic acids is 1. The van der Waals surface area contributed by atoms with E-state index in [1.165, 1.54) is 4.90 Å². The summed E-state index contributed by atoms with van der Waals surface area (Å²) in [5.41, 5.74) is 3.55. The number of ether oxygens (including phenoxy) is 1. The number of nitrogens with zero attached hydrogens (tertiary/aromatic N) is 2. The second-order valence-electron chi connectivity index (χ2n) is 7.68. The Balaban J connectivity index is 0.000000406. The minimum absolute atomic E-state index is 0.0606. The van der Waals surface area contributed by atoms with Gasteiger partial charge in [-0.05, 0) is 41.9 Å². The van der Waals surface area contributed by atoms with Crippen molar-refractivity contribution in [2.45, 2.75) is 18.6 Å². The lowest BCUT2D eigenvalue weighted by Crippen LogP contribution is -2.47. The number of carbonyl (C=O) groups excluding carboxylic acids is 2. The summed E-state index contributed by atoms with van der Waals surface area (Å²) in [5.74, 6) is -3.53. The maximum atomic E-state index is 12.4. The molecule has 2 aromatic rings. The van der Waals surface area contributed by atoms with Crippen LogP contribution in [0.15, 0.2) is 36.4 Å². The van der Waals surface area contributed by atoms with Crippen LogP contribution < -0.4 is 4.90 Å². The molecule has 7 nitrogen and oxygen atoms in total. The first-order valence-electron chi connectivity index (χ1n) is 9.89. The van der Waals surface area contributed by atoms with Gasteiger partial charge in [0.25, 0.3) is 11.8 Å². The fourth-order valence-corrected chi connectivity index (χ4v) is 4.43. The van der Waals surface area contributed by atoms with Crippen LogP contribution in [0.4, 0.5) is 18.9 Å². The number of anilines is 1. The van der Waals surface area contributed by atoms with Crippen molar-refractivity contribution in [3.63, 3.8) is 0 Å². The summed E-state index contributed by atoms with van der Waals surface area (Å²) in [6.45, 7) is 1.25. The molecule has 2 aliphatic heterocycles. The largest absolute Gasteiger partial charge is 0.490 e. The van der Waals surface area contributed by atoms with E-state index in [2.05, 4.69) is 4.90 Å². The van der Waals surface area contributed by atoms with E-state index in [1.807, 2.05) is 31.3 Å². The van der Waals surface area contributed by atoms with Crippen LogP contribution in [0.5, 0.6) is 0 Å². The zero-order valence-electron chi connectivity index (χ0n) is 17.7. The molecule has 4 rings (SSSR count). The molecule has 2 heterocycles. The van der Waals surface area contributed by atoms with Crippen LogP contribution in [0.1, 0.15) is 22.6 Å². The van der Waals surface area contributed by atoms with E-state index in [-0.39, 0.29) is 30.9 Å². The van der Waals surface area contributed by atoms with E-state index in [1.54, 1.807) is 12.1 Å². The fourth-order valence-electron chi connectivity index (χ4n) is 3.86. The molecular formula is C22H19Cl2F3N2O5. The monoisotopic (exact) mass is 518 g/mol. The molecule has 2 aromatic carbocycles. The Morgan fingerprint density at radius 3 is 2.26 bits per heavy atom. The number of halogens is 5. The van der Waals surface area contributed by atoms with Gasteiger partial charge in [0, 0.05) is 29.1 Å². The molecule has 2 aliphatic rings. The Morgan fingerprint density at radius 1 is 1.09 bits per heavy atom. The van der Waals surface area contributed by atoms with E-state index >= 15 is 0 Å². The van der Waals surface area contributed by atoms with Gasteiger partial charge in [-0.25, -0.2) is 9.69 Å². The number of hydrogen-bond donors (Lipinski definition) is 1. The molecular weight excluding hydrogens is 500 g/mol. The maximum Gasteiger partial charge on any atom is 0.490 e. The molecule has 1 N–H and O–H groups in total. The Bertz CT molecular complexity index is 1110.